The van der Waals surface area contributed by atoms with Gasteiger partial charge in [-0.3, -0.25) is 0 Å². The summed E-state index contributed by atoms with van der Waals surface area (Å²) >= 11 is 0. The highest BCUT2D eigenvalue weighted by molar-refractivity contribution is 5.90. The highest BCUT2D eigenvalue weighted by Crippen LogP contribution is 2.49. The van der Waals surface area contributed by atoms with E-state index in [4.69, 9.17) is 9.47 Å². The van der Waals surface area contributed by atoms with Gasteiger partial charge in [0.2, 0.25) is 0 Å². The number of fused-ring (bicyclic) bond motifs is 2. The van der Waals surface area contributed by atoms with E-state index in [0.29, 0.717) is 34.9 Å². The molecule has 0 radical (unpaired) electrons. The van der Waals surface area contributed by atoms with Gasteiger partial charge in [0, 0.05) is 18.3 Å². The van der Waals surface area contributed by atoms with Crippen molar-refractivity contribution in [3.05, 3.63) is 102 Å². The van der Waals surface area contributed by atoms with Gasteiger partial charge >= 0.3 is 11.9 Å². The van der Waals surface area contributed by atoms with Crippen molar-refractivity contribution < 1.29 is 19.1 Å². The van der Waals surface area contributed by atoms with Crippen molar-refractivity contribution in [3.8, 4) is 0 Å². The fourth-order valence-corrected chi connectivity index (χ4v) is 6.82. The van der Waals surface area contributed by atoms with Crippen molar-refractivity contribution in [2.45, 2.75) is 50.4 Å². The molecule has 2 aliphatic carbocycles. The van der Waals surface area contributed by atoms with Crippen LogP contribution in [0.4, 0.5) is 5.69 Å². The minimum absolute atomic E-state index is 0.352. The van der Waals surface area contributed by atoms with E-state index in [2.05, 4.69) is 35.2 Å². The molecule has 0 bridgehead atoms. The summed E-state index contributed by atoms with van der Waals surface area (Å²) in [6, 6.07) is 29.4. The van der Waals surface area contributed by atoms with Crippen LogP contribution in [0, 0.1) is 17.8 Å². The maximum Gasteiger partial charge on any atom is 0.338 e. The molecule has 37 heavy (non-hydrogen) atoms. The Labute approximate surface area is 218 Å². The Bertz CT molecular complexity index is 1220. The monoisotopic (exact) mass is 495 g/mol. The van der Waals surface area contributed by atoms with Gasteiger partial charge in [0.05, 0.1) is 11.1 Å². The summed E-state index contributed by atoms with van der Waals surface area (Å²) in [7, 11) is 0. The van der Waals surface area contributed by atoms with Crippen LogP contribution in [0.25, 0.3) is 0 Å². The van der Waals surface area contributed by atoms with E-state index in [9.17, 15) is 9.59 Å². The largest absolute Gasteiger partial charge is 0.455 e. The van der Waals surface area contributed by atoms with Crippen molar-refractivity contribution >= 4 is 17.6 Å². The van der Waals surface area contributed by atoms with E-state index in [1.807, 2.05) is 36.4 Å². The van der Waals surface area contributed by atoms with E-state index >= 15 is 0 Å². The minimum Gasteiger partial charge on any atom is -0.455 e. The van der Waals surface area contributed by atoms with Gasteiger partial charge in [0.1, 0.15) is 12.2 Å². The molecule has 3 aliphatic rings. The SMILES string of the molecule is O=C(OC1CC2CC3CCN(c4ccccc4)C3CC2CC1OC(=O)c1ccccc1)c1ccccc1. The Kier molecular flexibility index (Phi) is 6.69. The lowest BCUT2D eigenvalue weighted by atomic mass is 9.64. The molecule has 0 N–H and O–H groups in total. The molecule has 1 aliphatic heterocycles. The second kappa shape index (κ2) is 10.4. The zero-order valence-corrected chi connectivity index (χ0v) is 20.9. The minimum atomic E-state index is -0.454. The predicted molar refractivity (Wildman–Crippen MR) is 142 cm³/mol. The molecular formula is C32H33NO4. The summed E-state index contributed by atoms with van der Waals surface area (Å²) in [5, 5.41) is 0. The predicted octanol–water partition coefficient (Wildman–Crippen LogP) is 6.15. The summed E-state index contributed by atoms with van der Waals surface area (Å²) in [6.45, 7) is 1.08. The number of carbonyl (C=O) groups is 2. The lowest BCUT2D eigenvalue weighted by Gasteiger charge is -2.47. The van der Waals surface area contributed by atoms with Crippen LogP contribution >= 0.6 is 0 Å². The summed E-state index contributed by atoms with van der Waals surface area (Å²) in [5.74, 6) is 0.846. The summed E-state index contributed by atoms with van der Waals surface area (Å²) in [4.78, 5) is 28.6. The number of para-hydroxylation sites is 1. The standard InChI is InChI=1S/C32H33NO4/c34-31(22-10-4-1-5-11-22)36-29-20-25-18-24-16-17-33(27-14-8-3-9-15-27)28(24)19-26(25)21-30(29)37-32(35)23-12-6-2-7-13-23/h1-15,24-26,28-30H,16-21H2. The summed E-state index contributed by atoms with van der Waals surface area (Å²) < 4.78 is 12.1. The second-order valence-corrected chi connectivity index (χ2v) is 10.7. The maximum atomic E-state index is 13.0. The number of esters is 2. The smallest absolute Gasteiger partial charge is 0.338 e. The Morgan fingerprint density at radius 3 is 1.62 bits per heavy atom. The molecule has 1 saturated heterocycles. The molecule has 5 nitrogen and oxygen atoms in total. The first-order chi connectivity index (χ1) is 18.2. The quantitative estimate of drug-likeness (QED) is 0.397. The first kappa shape index (κ1) is 23.8. The molecular weight excluding hydrogens is 462 g/mol. The van der Waals surface area contributed by atoms with E-state index < -0.39 is 12.2 Å². The second-order valence-electron chi connectivity index (χ2n) is 10.7. The Hall–Kier alpha value is -3.60. The van der Waals surface area contributed by atoms with Crippen molar-refractivity contribution in [1.82, 2.24) is 0 Å². The van der Waals surface area contributed by atoms with Crippen LogP contribution in [0.2, 0.25) is 0 Å². The van der Waals surface area contributed by atoms with Crippen molar-refractivity contribution in [1.29, 1.82) is 0 Å². The first-order valence-electron chi connectivity index (χ1n) is 13.5. The van der Waals surface area contributed by atoms with Gasteiger partial charge in [-0.25, -0.2) is 9.59 Å². The third-order valence-electron chi connectivity index (χ3n) is 8.61. The molecule has 6 unspecified atom stereocenters. The molecule has 0 spiro atoms. The number of hydrogen-bond donors (Lipinski definition) is 0. The Balaban J connectivity index is 1.21. The van der Waals surface area contributed by atoms with Gasteiger partial charge in [-0.2, -0.15) is 0 Å². The fraction of sp³-hybridized carbons (Fsp3) is 0.375. The van der Waals surface area contributed by atoms with E-state index in [1.54, 1.807) is 24.3 Å². The third-order valence-corrected chi connectivity index (χ3v) is 8.61. The zero-order valence-electron chi connectivity index (χ0n) is 20.9. The number of carbonyl (C=O) groups excluding carboxylic acids is 2. The molecule has 3 aromatic rings. The number of ether oxygens (including phenoxy) is 2. The van der Waals surface area contributed by atoms with Crippen LogP contribution in [0.15, 0.2) is 91.0 Å². The Morgan fingerprint density at radius 2 is 1.08 bits per heavy atom. The van der Waals surface area contributed by atoms with Crippen LogP contribution in [-0.2, 0) is 9.47 Å². The molecule has 0 aromatic heterocycles. The highest BCUT2D eigenvalue weighted by atomic mass is 16.6. The summed E-state index contributed by atoms with van der Waals surface area (Å²) in [6.07, 6.45) is 3.99. The number of hydrogen-bond acceptors (Lipinski definition) is 5. The number of anilines is 1. The maximum absolute atomic E-state index is 13.0. The summed E-state index contributed by atoms with van der Waals surface area (Å²) in [5.41, 5.74) is 2.34. The van der Waals surface area contributed by atoms with Crippen molar-refractivity contribution in [2.75, 3.05) is 11.4 Å². The zero-order chi connectivity index (χ0) is 25.2. The molecule has 6 atom stereocenters. The molecule has 1 heterocycles. The van der Waals surface area contributed by atoms with E-state index in [1.165, 1.54) is 12.1 Å². The number of rotatable bonds is 5. The van der Waals surface area contributed by atoms with Gasteiger partial charge in [-0.05, 0) is 86.3 Å². The van der Waals surface area contributed by atoms with Crippen LogP contribution in [0.1, 0.15) is 52.8 Å². The lowest BCUT2D eigenvalue weighted by Crippen LogP contribution is -2.49. The molecule has 2 saturated carbocycles. The molecule has 190 valence electrons. The lowest BCUT2D eigenvalue weighted by molar-refractivity contribution is -0.0847. The number of nitrogens with zero attached hydrogens (tertiary/aromatic N) is 1. The normalized spacial score (nSPS) is 28.6. The van der Waals surface area contributed by atoms with Crippen LogP contribution < -0.4 is 4.90 Å². The topological polar surface area (TPSA) is 55.8 Å². The van der Waals surface area contributed by atoms with E-state index in [0.717, 1.165) is 32.2 Å². The number of benzene rings is 3. The van der Waals surface area contributed by atoms with Gasteiger partial charge in [-0.1, -0.05) is 54.6 Å². The molecule has 6 rings (SSSR count). The molecule has 3 fully saturated rings. The average molecular weight is 496 g/mol. The fourth-order valence-electron chi connectivity index (χ4n) is 6.82. The Morgan fingerprint density at radius 1 is 0.595 bits per heavy atom. The average Bonchev–Trinajstić information content (AvgIpc) is 3.36. The van der Waals surface area contributed by atoms with Crippen molar-refractivity contribution in [2.24, 2.45) is 17.8 Å². The molecule has 0 amide bonds. The van der Waals surface area contributed by atoms with Crippen LogP contribution in [-0.4, -0.2) is 36.7 Å². The van der Waals surface area contributed by atoms with Gasteiger partial charge in [0.15, 0.2) is 0 Å². The van der Waals surface area contributed by atoms with Gasteiger partial charge in [0.25, 0.3) is 0 Å². The first-order valence-corrected chi connectivity index (χ1v) is 13.5. The van der Waals surface area contributed by atoms with Crippen LogP contribution in [0.5, 0.6) is 0 Å². The molecule has 3 aromatic carbocycles. The van der Waals surface area contributed by atoms with Crippen molar-refractivity contribution in [3.63, 3.8) is 0 Å². The van der Waals surface area contributed by atoms with Crippen LogP contribution in [0.3, 0.4) is 0 Å². The van der Waals surface area contributed by atoms with Gasteiger partial charge < -0.3 is 14.4 Å². The third kappa shape index (κ3) is 5.00. The highest BCUT2D eigenvalue weighted by Gasteiger charge is 2.49. The van der Waals surface area contributed by atoms with Gasteiger partial charge in [-0.15, -0.1) is 0 Å². The molecule has 5 heteroatoms. The van der Waals surface area contributed by atoms with E-state index in [-0.39, 0.29) is 11.9 Å².